The third-order valence-corrected chi connectivity index (χ3v) is 4.87. The predicted molar refractivity (Wildman–Crippen MR) is 114 cm³/mol. The lowest BCUT2D eigenvalue weighted by Gasteiger charge is -2.26. The van der Waals surface area contributed by atoms with E-state index >= 15 is 0 Å². The van der Waals surface area contributed by atoms with E-state index in [1.165, 1.54) is 20.3 Å². The van der Waals surface area contributed by atoms with E-state index in [9.17, 15) is 14.4 Å². The average Bonchev–Trinajstić information content (AvgIpc) is 2.73. The first-order valence-corrected chi connectivity index (χ1v) is 9.74. The molecule has 3 rings (SSSR count). The van der Waals surface area contributed by atoms with Gasteiger partial charge in [0.25, 0.3) is 11.8 Å². The van der Waals surface area contributed by atoms with Gasteiger partial charge in [-0.1, -0.05) is 0 Å². The van der Waals surface area contributed by atoms with Crippen LogP contribution in [0, 0.1) is 0 Å². The Morgan fingerprint density at radius 1 is 1.07 bits per heavy atom. The molecule has 0 bridgehead atoms. The summed E-state index contributed by atoms with van der Waals surface area (Å²) in [6.07, 6.45) is 1.39. The molecule has 156 valence electrons. The predicted octanol–water partition coefficient (Wildman–Crippen LogP) is 3.53. The zero-order valence-electron chi connectivity index (χ0n) is 16.5. The number of halogens is 1. The highest BCUT2D eigenvalue weighted by Gasteiger charge is 2.36. The number of amides is 4. The monoisotopic (exact) mass is 474 g/mol. The normalized spacial score (nSPS) is 15.3. The zero-order chi connectivity index (χ0) is 21.8. The molecular weight excluding hydrogens is 456 g/mol. The molecular formula is C21H19BrN2O6. The molecule has 9 heteroatoms. The van der Waals surface area contributed by atoms with Crippen LogP contribution in [0.1, 0.15) is 12.5 Å². The number of hydrogen-bond donors (Lipinski definition) is 1. The number of anilines is 1. The van der Waals surface area contributed by atoms with Crippen molar-refractivity contribution in [2.45, 2.75) is 6.92 Å². The summed E-state index contributed by atoms with van der Waals surface area (Å²) >= 11 is 3.41. The van der Waals surface area contributed by atoms with Crippen LogP contribution in [0.3, 0.4) is 0 Å². The van der Waals surface area contributed by atoms with Gasteiger partial charge < -0.3 is 14.2 Å². The highest BCUT2D eigenvalue weighted by molar-refractivity contribution is 9.10. The van der Waals surface area contributed by atoms with Crippen LogP contribution in [0.5, 0.6) is 17.2 Å². The highest BCUT2D eigenvalue weighted by atomic mass is 79.9. The van der Waals surface area contributed by atoms with Gasteiger partial charge in [-0.25, -0.2) is 9.69 Å². The van der Waals surface area contributed by atoms with Crippen molar-refractivity contribution in [3.8, 4) is 17.2 Å². The molecule has 4 amide bonds. The first kappa shape index (κ1) is 21.4. The number of ether oxygens (including phenoxy) is 3. The molecule has 0 atom stereocenters. The van der Waals surface area contributed by atoms with Gasteiger partial charge in [0.15, 0.2) is 11.5 Å². The van der Waals surface area contributed by atoms with Crippen molar-refractivity contribution >= 4 is 45.5 Å². The SMILES string of the molecule is CCOc1c(Br)cc(/C=C2\C(=O)NC(=O)N(c3ccc(OC)cc3)C2=O)cc1OC. The molecule has 0 radical (unpaired) electrons. The number of carbonyl (C=O) groups is 3. The zero-order valence-corrected chi connectivity index (χ0v) is 18.1. The molecule has 2 aromatic carbocycles. The van der Waals surface area contributed by atoms with Crippen molar-refractivity contribution in [2.75, 3.05) is 25.7 Å². The fourth-order valence-corrected chi connectivity index (χ4v) is 3.47. The molecule has 1 aliphatic rings. The lowest BCUT2D eigenvalue weighted by molar-refractivity contribution is -0.122. The Labute approximate surface area is 181 Å². The van der Waals surface area contributed by atoms with Gasteiger partial charge in [-0.2, -0.15) is 0 Å². The van der Waals surface area contributed by atoms with Crippen LogP contribution in [0.25, 0.3) is 6.08 Å². The number of benzene rings is 2. The maximum atomic E-state index is 13.0. The number of barbiturate groups is 1. The number of nitrogens with zero attached hydrogens (tertiary/aromatic N) is 1. The molecule has 30 heavy (non-hydrogen) atoms. The Morgan fingerprint density at radius 2 is 1.77 bits per heavy atom. The van der Waals surface area contributed by atoms with Gasteiger partial charge in [-0.3, -0.25) is 14.9 Å². The van der Waals surface area contributed by atoms with Crippen LogP contribution in [0.15, 0.2) is 46.4 Å². The largest absolute Gasteiger partial charge is 0.497 e. The van der Waals surface area contributed by atoms with Crippen molar-refractivity contribution in [3.05, 3.63) is 52.0 Å². The Kier molecular flexibility index (Phi) is 6.41. The topological polar surface area (TPSA) is 94.2 Å². The van der Waals surface area contributed by atoms with Crippen LogP contribution in [-0.4, -0.2) is 38.7 Å². The summed E-state index contributed by atoms with van der Waals surface area (Å²) in [6, 6.07) is 8.85. The van der Waals surface area contributed by atoms with Crippen molar-refractivity contribution < 1.29 is 28.6 Å². The fraction of sp³-hybridized carbons (Fsp3) is 0.190. The summed E-state index contributed by atoms with van der Waals surface area (Å²) < 4.78 is 16.6. The minimum Gasteiger partial charge on any atom is -0.497 e. The van der Waals surface area contributed by atoms with Gasteiger partial charge in [0.1, 0.15) is 11.3 Å². The molecule has 0 aliphatic carbocycles. The quantitative estimate of drug-likeness (QED) is 0.508. The van der Waals surface area contributed by atoms with Crippen molar-refractivity contribution in [1.29, 1.82) is 0 Å². The van der Waals surface area contributed by atoms with E-state index in [-0.39, 0.29) is 5.57 Å². The van der Waals surface area contributed by atoms with Gasteiger partial charge in [0, 0.05) is 0 Å². The molecule has 0 spiro atoms. The Bertz CT molecular complexity index is 1030. The van der Waals surface area contributed by atoms with E-state index in [4.69, 9.17) is 14.2 Å². The lowest BCUT2D eigenvalue weighted by Crippen LogP contribution is -2.54. The van der Waals surface area contributed by atoms with Crippen molar-refractivity contribution in [2.24, 2.45) is 0 Å². The van der Waals surface area contributed by atoms with E-state index in [2.05, 4.69) is 21.2 Å². The number of carbonyl (C=O) groups excluding carboxylic acids is 3. The van der Waals surface area contributed by atoms with Crippen LogP contribution in [-0.2, 0) is 9.59 Å². The maximum absolute atomic E-state index is 13.0. The van der Waals surface area contributed by atoms with E-state index in [1.54, 1.807) is 36.4 Å². The molecule has 1 fully saturated rings. The van der Waals surface area contributed by atoms with E-state index in [0.29, 0.717) is 39.6 Å². The van der Waals surface area contributed by atoms with Crippen LogP contribution < -0.4 is 24.4 Å². The Hall–Kier alpha value is -3.33. The van der Waals surface area contributed by atoms with E-state index in [0.717, 1.165) is 4.90 Å². The molecule has 0 aromatic heterocycles. The average molecular weight is 475 g/mol. The number of imide groups is 2. The molecule has 1 heterocycles. The molecule has 8 nitrogen and oxygen atoms in total. The smallest absolute Gasteiger partial charge is 0.335 e. The summed E-state index contributed by atoms with van der Waals surface area (Å²) in [5, 5.41) is 2.19. The second-order valence-electron chi connectivity index (χ2n) is 6.12. The number of hydrogen-bond acceptors (Lipinski definition) is 6. The Balaban J connectivity index is 2.01. The van der Waals surface area contributed by atoms with Crippen LogP contribution in [0.2, 0.25) is 0 Å². The number of nitrogens with one attached hydrogen (secondary N) is 1. The maximum Gasteiger partial charge on any atom is 0.335 e. The second-order valence-corrected chi connectivity index (χ2v) is 6.98. The third-order valence-electron chi connectivity index (χ3n) is 4.28. The van der Waals surface area contributed by atoms with Crippen molar-refractivity contribution in [1.82, 2.24) is 5.32 Å². The second kappa shape index (κ2) is 9.00. The standard InChI is InChI=1S/C21H19BrN2O6/c1-4-30-18-16(22)10-12(11-17(18)29-3)9-15-19(25)23-21(27)24(20(15)26)13-5-7-14(28-2)8-6-13/h5-11H,4H2,1-3H3,(H,23,25,27)/b15-9+. The summed E-state index contributed by atoms with van der Waals surface area (Å²) in [6.45, 7) is 2.28. The number of urea groups is 1. The number of methoxy groups -OCH3 is 2. The van der Waals surface area contributed by atoms with Gasteiger partial charge >= 0.3 is 6.03 Å². The minimum atomic E-state index is -0.822. The summed E-state index contributed by atoms with van der Waals surface area (Å²) in [7, 11) is 3.00. The molecule has 0 unspecified atom stereocenters. The van der Waals surface area contributed by atoms with Gasteiger partial charge in [0.2, 0.25) is 0 Å². The fourth-order valence-electron chi connectivity index (χ4n) is 2.90. The Morgan fingerprint density at radius 3 is 2.37 bits per heavy atom. The molecule has 1 N–H and O–H groups in total. The van der Waals surface area contributed by atoms with Gasteiger partial charge in [-0.15, -0.1) is 0 Å². The van der Waals surface area contributed by atoms with Crippen LogP contribution >= 0.6 is 15.9 Å². The molecule has 1 saturated heterocycles. The first-order valence-electron chi connectivity index (χ1n) is 8.95. The summed E-state index contributed by atoms with van der Waals surface area (Å²) in [4.78, 5) is 38.6. The summed E-state index contributed by atoms with van der Waals surface area (Å²) in [5.74, 6) is -0.000133. The van der Waals surface area contributed by atoms with Gasteiger partial charge in [-0.05, 0) is 70.9 Å². The van der Waals surface area contributed by atoms with E-state index < -0.39 is 17.8 Å². The lowest BCUT2D eigenvalue weighted by atomic mass is 10.1. The van der Waals surface area contributed by atoms with Crippen molar-refractivity contribution in [3.63, 3.8) is 0 Å². The molecule has 2 aromatic rings. The third kappa shape index (κ3) is 4.16. The first-order chi connectivity index (χ1) is 14.4. The van der Waals surface area contributed by atoms with E-state index in [1.807, 2.05) is 6.92 Å². The molecule has 1 aliphatic heterocycles. The number of rotatable bonds is 6. The highest BCUT2D eigenvalue weighted by Crippen LogP contribution is 2.37. The summed E-state index contributed by atoms with van der Waals surface area (Å²) in [5.41, 5.74) is 0.635. The molecule has 0 saturated carbocycles. The minimum absolute atomic E-state index is 0.191. The van der Waals surface area contributed by atoms with Gasteiger partial charge in [0.05, 0.1) is 31.0 Å². The van der Waals surface area contributed by atoms with Crippen LogP contribution in [0.4, 0.5) is 10.5 Å².